The summed E-state index contributed by atoms with van der Waals surface area (Å²) in [6, 6.07) is 12.5. The van der Waals surface area contributed by atoms with Gasteiger partial charge in [-0.15, -0.1) is 0 Å². The van der Waals surface area contributed by atoms with Gasteiger partial charge in [0.25, 0.3) is 0 Å². The van der Waals surface area contributed by atoms with E-state index in [-0.39, 0.29) is 12.2 Å². The number of carbonyl (C=O) groups excluding carboxylic acids is 1. The molecule has 0 atom stereocenters. The van der Waals surface area contributed by atoms with Gasteiger partial charge >= 0.3 is 0 Å². The summed E-state index contributed by atoms with van der Waals surface area (Å²) in [4.78, 5) is 12.0. The normalized spacial score (nSPS) is 10.4. The highest BCUT2D eigenvalue weighted by Crippen LogP contribution is 2.25. The van der Waals surface area contributed by atoms with Crippen LogP contribution in [0.5, 0.6) is 0 Å². The summed E-state index contributed by atoms with van der Waals surface area (Å²) in [6.45, 7) is 0. The Morgan fingerprint density at radius 2 is 1.63 bits per heavy atom. The van der Waals surface area contributed by atoms with Crippen LogP contribution < -0.4 is 5.73 Å². The summed E-state index contributed by atoms with van der Waals surface area (Å²) in [5, 5.41) is 1.04. The zero-order chi connectivity index (χ0) is 13.8. The Hall–Kier alpha value is -1.51. The van der Waals surface area contributed by atoms with Crippen molar-refractivity contribution in [1.82, 2.24) is 0 Å². The van der Waals surface area contributed by atoms with Crippen molar-refractivity contribution < 1.29 is 4.79 Å². The van der Waals surface area contributed by atoms with Gasteiger partial charge in [0.1, 0.15) is 5.78 Å². The SMILES string of the molecule is Nc1cccc(CC(=O)Cc2c(Cl)cccc2Cl)c1. The monoisotopic (exact) mass is 293 g/mol. The van der Waals surface area contributed by atoms with Crippen molar-refractivity contribution in [2.75, 3.05) is 5.73 Å². The third-order valence-electron chi connectivity index (χ3n) is 2.79. The number of halogens is 2. The highest BCUT2D eigenvalue weighted by Gasteiger charge is 2.11. The molecule has 0 amide bonds. The Morgan fingerprint density at radius 3 is 2.26 bits per heavy atom. The average Bonchev–Trinajstić information content (AvgIpc) is 2.34. The predicted octanol–water partition coefficient (Wildman–Crippen LogP) is 3.93. The number of Topliss-reactive ketones (excluding diaryl/α,β-unsaturated/α-hetero) is 1. The van der Waals surface area contributed by atoms with Crippen LogP contribution in [0.3, 0.4) is 0 Å². The van der Waals surface area contributed by atoms with Crippen LogP contribution in [0.15, 0.2) is 42.5 Å². The summed E-state index contributed by atoms with van der Waals surface area (Å²) in [6.07, 6.45) is 0.555. The summed E-state index contributed by atoms with van der Waals surface area (Å²) in [7, 11) is 0. The number of rotatable bonds is 4. The number of carbonyl (C=O) groups is 1. The first-order valence-corrected chi connectivity index (χ1v) is 6.61. The maximum absolute atomic E-state index is 12.0. The van der Waals surface area contributed by atoms with E-state index in [9.17, 15) is 4.79 Å². The first-order chi connectivity index (χ1) is 9.06. The van der Waals surface area contributed by atoms with Crippen LogP contribution in [-0.4, -0.2) is 5.78 Å². The van der Waals surface area contributed by atoms with Gasteiger partial charge < -0.3 is 5.73 Å². The van der Waals surface area contributed by atoms with Crippen LogP contribution >= 0.6 is 23.2 Å². The van der Waals surface area contributed by atoms with E-state index >= 15 is 0 Å². The van der Waals surface area contributed by atoms with Gasteiger partial charge in [-0.25, -0.2) is 0 Å². The molecule has 2 N–H and O–H groups in total. The first kappa shape index (κ1) is 13.9. The molecule has 0 aliphatic carbocycles. The highest BCUT2D eigenvalue weighted by molar-refractivity contribution is 6.36. The predicted molar refractivity (Wildman–Crippen MR) is 79.7 cm³/mol. The molecule has 0 aromatic heterocycles. The number of nitrogen functional groups attached to an aromatic ring is 1. The molecular weight excluding hydrogens is 281 g/mol. The standard InChI is InChI=1S/C15H13Cl2NO/c16-14-5-2-6-15(17)13(14)9-12(19)8-10-3-1-4-11(18)7-10/h1-7H,8-9,18H2. The molecule has 98 valence electrons. The number of anilines is 1. The minimum absolute atomic E-state index is 0.0561. The number of hydrogen-bond donors (Lipinski definition) is 1. The molecule has 0 aliphatic rings. The fraction of sp³-hybridized carbons (Fsp3) is 0.133. The molecule has 19 heavy (non-hydrogen) atoms. The van der Waals surface area contributed by atoms with Crippen LogP contribution in [0.4, 0.5) is 5.69 Å². The number of ketones is 1. The average molecular weight is 294 g/mol. The third-order valence-corrected chi connectivity index (χ3v) is 3.50. The lowest BCUT2D eigenvalue weighted by molar-refractivity contribution is -0.117. The number of nitrogens with two attached hydrogens (primary N) is 1. The van der Waals surface area contributed by atoms with Gasteiger partial charge in [-0.05, 0) is 35.4 Å². The molecule has 0 heterocycles. The second-order valence-corrected chi connectivity index (χ2v) is 5.15. The molecule has 0 bridgehead atoms. The van der Waals surface area contributed by atoms with Gasteiger partial charge in [0.15, 0.2) is 0 Å². The van der Waals surface area contributed by atoms with E-state index in [0.717, 1.165) is 5.56 Å². The highest BCUT2D eigenvalue weighted by atomic mass is 35.5. The minimum atomic E-state index is 0.0561. The van der Waals surface area contributed by atoms with Crippen molar-refractivity contribution in [3.8, 4) is 0 Å². The van der Waals surface area contributed by atoms with E-state index in [0.29, 0.717) is 27.7 Å². The lowest BCUT2D eigenvalue weighted by atomic mass is 10.0. The lowest BCUT2D eigenvalue weighted by Gasteiger charge is -2.06. The van der Waals surface area contributed by atoms with E-state index in [1.807, 2.05) is 12.1 Å². The van der Waals surface area contributed by atoms with Gasteiger partial charge in [0.2, 0.25) is 0 Å². The maximum Gasteiger partial charge on any atom is 0.141 e. The van der Waals surface area contributed by atoms with Crippen molar-refractivity contribution in [2.24, 2.45) is 0 Å². The van der Waals surface area contributed by atoms with Crippen LogP contribution in [0.25, 0.3) is 0 Å². The number of benzene rings is 2. The van der Waals surface area contributed by atoms with Crippen LogP contribution in [0, 0.1) is 0 Å². The quantitative estimate of drug-likeness (QED) is 0.868. The van der Waals surface area contributed by atoms with Crippen molar-refractivity contribution >= 4 is 34.7 Å². The lowest BCUT2D eigenvalue weighted by Crippen LogP contribution is -2.07. The van der Waals surface area contributed by atoms with Gasteiger partial charge in [-0.2, -0.15) is 0 Å². The molecule has 2 aromatic carbocycles. The molecule has 2 aromatic rings. The second-order valence-electron chi connectivity index (χ2n) is 4.34. The Morgan fingerprint density at radius 1 is 1.00 bits per heavy atom. The van der Waals surface area contributed by atoms with E-state index in [4.69, 9.17) is 28.9 Å². The van der Waals surface area contributed by atoms with Crippen molar-refractivity contribution in [3.63, 3.8) is 0 Å². The minimum Gasteiger partial charge on any atom is -0.399 e. The van der Waals surface area contributed by atoms with Crippen LogP contribution in [0.1, 0.15) is 11.1 Å². The van der Waals surface area contributed by atoms with Crippen molar-refractivity contribution in [1.29, 1.82) is 0 Å². The molecule has 4 heteroatoms. The fourth-order valence-electron chi connectivity index (χ4n) is 1.89. The Bertz CT molecular complexity index is 591. The number of hydrogen-bond acceptors (Lipinski definition) is 2. The van der Waals surface area contributed by atoms with E-state index in [1.165, 1.54) is 0 Å². The Kier molecular flexibility index (Phi) is 4.46. The topological polar surface area (TPSA) is 43.1 Å². The molecule has 0 unspecified atom stereocenters. The molecule has 0 fully saturated rings. The van der Waals surface area contributed by atoms with E-state index in [2.05, 4.69) is 0 Å². The molecule has 0 aliphatic heterocycles. The largest absolute Gasteiger partial charge is 0.399 e. The van der Waals surface area contributed by atoms with Crippen LogP contribution in [-0.2, 0) is 17.6 Å². The third kappa shape index (κ3) is 3.72. The fourth-order valence-corrected chi connectivity index (χ4v) is 2.42. The van der Waals surface area contributed by atoms with Gasteiger partial charge in [-0.1, -0.05) is 41.4 Å². The molecule has 2 rings (SSSR count). The zero-order valence-electron chi connectivity index (χ0n) is 10.2. The van der Waals surface area contributed by atoms with E-state index < -0.39 is 0 Å². The maximum atomic E-state index is 12.0. The van der Waals surface area contributed by atoms with Gasteiger partial charge in [-0.3, -0.25) is 4.79 Å². The summed E-state index contributed by atoms with van der Waals surface area (Å²) < 4.78 is 0. The Labute approximate surface area is 122 Å². The Balaban J connectivity index is 2.10. The molecule has 0 spiro atoms. The molecule has 0 radical (unpaired) electrons. The second kappa shape index (κ2) is 6.09. The van der Waals surface area contributed by atoms with Gasteiger partial charge in [0, 0.05) is 28.6 Å². The smallest absolute Gasteiger partial charge is 0.141 e. The van der Waals surface area contributed by atoms with Crippen molar-refractivity contribution in [3.05, 3.63) is 63.6 Å². The molecular formula is C15H13Cl2NO. The molecule has 0 saturated heterocycles. The zero-order valence-corrected chi connectivity index (χ0v) is 11.7. The first-order valence-electron chi connectivity index (χ1n) is 5.85. The summed E-state index contributed by atoms with van der Waals surface area (Å²) in [5.74, 6) is 0.0561. The molecule has 2 nitrogen and oxygen atoms in total. The van der Waals surface area contributed by atoms with Gasteiger partial charge in [0.05, 0.1) is 0 Å². The van der Waals surface area contributed by atoms with Crippen molar-refractivity contribution in [2.45, 2.75) is 12.8 Å². The molecule has 0 saturated carbocycles. The summed E-state index contributed by atoms with van der Waals surface area (Å²) >= 11 is 12.1. The van der Waals surface area contributed by atoms with Crippen LogP contribution in [0.2, 0.25) is 10.0 Å². The van der Waals surface area contributed by atoms with E-state index in [1.54, 1.807) is 30.3 Å². The summed E-state index contributed by atoms with van der Waals surface area (Å²) in [5.41, 5.74) is 7.91.